The average molecular weight is 262 g/mol. The quantitative estimate of drug-likeness (QED) is 0.827. The highest BCUT2D eigenvalue weighted by molar-refractivity contribution is 7.91. The first-order valence-electron chi connectivity index (χ1n) is 5.00. The molecule has 0 aliphatic rings. The third-order valence-corrected chi connectivity index (χ3v) is 3.44. The van der Waals surface area contributed by atoms with E-state index in [1.54, 1.807) is 13.8 Å². The van der Waals surface area contributed by atoms with Gasteiger partial charge in [-0.15, -0.1) is 0 Å². The highest BCUT2D eigenvalue weighted by atomic mass is 32.2. The van der Waals surface area contributed by atoms with Gasteiger partial charge in [0.05, 0.1) is 18.5 Å². The molecule has 7 heteroatoms. The number of furan rings is 1. The molecule has 1 aromatic heterocycles. The summed E-state index contributed by atoms with van der Waals surface area (Å²) in [7, 11) is -3.62. The van der Waals surface area contributed by atoms with Crippen LogP contribution in [0, 0.1) is 0 Å². The number of sulfone groups is 1. The van der Waals surface area contributed by atoms with Gasteiger partial charge in [-0.25, -0.2) is 13.2 Å². The molecule has 0 amide bonds. The van der Waals surface area contributed by atoms with E-state index in [0.29, 0.717) is 0 Å². The van der Waals surface area contributed by atoms with E-state index in [1.807, 2.05) is 0 Å². The highest BCUT2D eigenvalue weighted by Gasteiger charge is 2.21. The van der Waals surface area contributed by atoms with Crippen molar-refractivity contribution in [3.63, 3.8) is 0 Å². The lowest BCUT2D eigenvalue weighted by Gasteiger charge is -2.06. The first kappa shape index (κ1) is 13.7. The van der Waals surface area contributed by atoms with Crippen molar-refractivity contribution in [1.82, 2.24) is 0 Å². The molecule has 6 nitrogen and oxygen atoms in total. The molecular formula is C10H14O6S. The number of hydrogen-bond acceptors (Lipinski definition) is 5. The van der Waals surface area contributed by atoms with Crippen LogP contribution in [-0.4, -0.2) is 38.0 Å². The summed E-state index contributed by atoms with van der Waals surface area (Å²) in [4.78, 5) is 10.5. The number of aromatic carboxylic acids is 1. The molecule has 1 heterocycles. The first-order chi connectivity index (χ1) is 7.83. The summed E-state index contributed by atoms with van der Waals surface area (Å²) in [6.45, 7) is 3.63. The zero-order chi connectivity index (χ0) is 13.1. The Balaban J connectivity index is 2.72. The molecule has 1 N–H and O–H groups in total. The van der Waals surface area contributed by atoms with Crippen molar-refractivity contribution in [1.29, 1.82) is 0 Å². The molecule has 0 atom stereocenters. The maximum Gasteiger partial charge on any atom is 0.371 e. The van der Waals surface area contributed by atoms with Gasteiger partial charge in [-0.05, 0) is 26.0 Å². The maximum absolute atomic E-state index is 11.7. The van der Waals surface area contributed by atoms with Crippen LogP contribution in [0.15, 0.2) is 21.6 Å². The number of hydrogen-bond donors (Lipinski definition) is 1. The fourth-order valence-electron chi connectivity index (χ4n) is 1.10. The Bertz CT molecular complexity index is 485. The molecule has 96 valence electrons. The van der Waals surface area contributed by atoms with Crippen molar-refractivity contribution >= 4 is 15.8 Å². The average Bonchev–Trinajstić information content (AvgIpc) is 2.65. The topological polar surface area (TPSA) is 93.8 Å². The second kappa shape index (κ2) is 5.33. The van der Waals surface area contributed by atoms with E-state index in [2.05, 4.69) is 0 Å². The fourth-order valence-corrected chi connectivity index (χ4v) is 2.11. The minimum absolute atomic E-state index is 0.0447. The van der Waals surface area contributed by atoms with Gasteiger partial charge in [0, 0.05) is 0 Å². The van der Waals surface area contributed by atoms with Crippen LogP contribution < -0.4 is 0 Å². The Labute approximate surface area is 99.1 Å². The summed E-state index contributed by atoms with van der Waals surface area (Å²) in [6.07, 6.45) is -0.0589. The van der Waals surface area contributed by atoms with Crippen molar-refractivity contribution in [2.24, 2.45) is 0 Å². The SMILES string of the molecule is CC(C)OCCS(=O)(=O)c1ccc(C(=O)O)o1. The molecule has 1 rings (SSSR count). The van der Waals surface area contributed by atoms with Crippen LogP contribution in [0.2, 0.25) is 0 Å². The number of carbonyl (C=O) groups is 1. The highest BCUT2D eigenvalue weighted by Crippen LogP contribution is 2.15. The van der Waals surface area contributed by atoms with Crippen LogP contribution in [0.3, 0.4) is 0 Å². The number of carboxylic acids is 1. The van der Waals surface area contributed by atoms with E-state index in [4.69, 9.17) is 14.3 Å². The van der Waals surface area contributed by atoms with Crippen LogP contribution in [0.5, 0.6) is 0 Å². The third-order valence-electron chi connectivity index (χ3n) is 1.90. The Kier molecular flexibility index (Phi) is 4.30. The molecule has 0 bridgehead atoms. The van der Waals surface area contributed by atoms with E-state index < -0.39 is 21.6 Å². The van der Waals surface area contributed by atoms with Gasteiger partial charge in [-0.2, -0.15) is 0 Å². The van der Waals surface area contributed by atoms with Crippen molar-refractivity contribution in [2.75, 3.05) is 12.4 Å². The zero-order valence-corrected chi connectivity index (χ0v) is 10.4. The van der Waals surface area contributed by atoms with Gasteiger partial charge in [0.2, 0.25) is 20.7 Å². The Morgan fingerprint density at radius 2 is 2.12 bits per heavy atom. The molecule has 0 saturated heterocycles. The summed E-state index contributed by atoms with van der Waals surface area (Å²) in [6, 6.07) is 2.24. The zero-order valence-electron chi connectivity index (χ0n) is 9.54. The Morgan fingerprint density at radius 3 is 2.59 bits per heavy atom. The second-order valence-corrected chi connectivity index (χ2v) is 5.70. The molecule has 0 radical (unpaired) electrons. The van der Waals surface area contributed by atoms with Crippen molar-refractivity contribution < 1.29 is 27.5 Å². The van der Waals surface area contributed by atoms with Gasteiger partial charge >= 0.3 is 5.97 Å². The van der Waals surface area contributed by atoms with Crippen LogP contribution in [0.25, 0.3) is 0 Å². The van der Waals surface area contributed by atoms with E-state index in [9.17, 15) is 13.2 Å². The van der Waals surface area contributed by atoms with E-state index in [1.165, 1.54) is 0 Å². The Hall–Kier alpha value is -1.34. The fraction of sp³-hybridized carbons (Fsp3) is 0.500. The van der Waals surface area contributed by atoms with Gasteiger partial charge in [-0.3, -0.25) is 0 Å². The van der Waals surface area contributed by atoms with Crippen LogP contribution in [-0.2, 0) is 14.6 Å². The normalized spacial score (nSPS) is 11.9. The maximum atomic E-state index is 11.7. The monoisotopic (exact) mass is 262 g/mol. The summed E-state index contributed by atoms with van der Waals surface area (Å²) in [5, 5.41) is 8.25. The largest absolute Gasteiger partial charge is 0.475 e. The second-order valence-electron chi connectivity index (χ2n) is 3.66. The van der Waals surface area contributed by atoms with Crippen molar-refractivity contribution in [2.45, 2.75) is 25.0 Å². The molecule has 0 aliphatic carbocycles. The first-order valence-corrected chi connectivity index (χ1v) is 6.65. The van der Waals surface area contributed by atoms with Gasteiger partial charge in [0.1, 0.15) is 0 Å². The molecule has 0 aromatic carbocycles. The van der Waals surface area contributed by atoms with E-state index >= 15 is 0 Å². The van der Waals surface area contributed by atoms with Gasteiger partial charge < -0.3 is 14.3 Å². The summed E-state index contributed by atoms with van der Waals surface area (Å²) in [5.74, 6) is -1.93. The van der Waals surface area contributed by atoms with Gasteiger partial charge in [0.15, 0.2) is 0 Å². The van der Waals surface area contributed by atoms with Crippen LogP contribution in [0.4, 0.5) is 0 Å². The van der Waals surface area contributed by atoms with Crippen LogP contribution in [0.1, 0.15) is 24.4 Å². The lowest BCUT2D eigenvalue weighted by Crippen LogP contribution is -2.14. The summed E-state index contributed by atoms with van der Waals surface area (Å²) < 4.78 is 33.2. The Morgan fingerprint density at radius 1 is 1.47 bits per heavy atom. The van der Waals surface area contributed by atoms with E-state index in [0.717, 1.165) is 12.1 Å². The molecule has 0 aliphatic heterocycles. The molecule has 0 spiro atoms. The standard InChI is InChI=1S/C10H14O6S/c1-7(2)15-5-6-17(13,14)9-4-3-8(16-9)10(11)12/h3-4,7H,5-6H2,1-2H3,(H,11,12). The smallest absolute Gasteiger partial charge is 0.371 e. The predicted octanol–water partition coefficient (Wildman–Crippen LogP) is 1.18. The van der Waals surface area contributed by atoms with Gasteiger partial charge in [-0.1, -0.05) is 0 Å². The minimum Gasteiger partial charge on any atom is -0.475 e. The van der Waals surface area contributed by atoms with Crippen molar-refractivity contribution in [3.05, 3.63) is 17.9 Å². The van der Waals surface area contributed by atoms with Crippen LogP contribution >= 0.6 is 0 Å². The predicted molar refractivity (Wildman–Crippen MR) is 58.8 cm³/mol. The lowest BCUT2D eigenvalue weighted by atomic mass is 10.5. The molecule has 1 aromatic rings. The van der Waals surface area contributed by atoms with Gasteiger partial charge in [0.25, 0.3) is 0 Å². The summed E-state index contributed by atoms with van der Waals surface area (Å²) >= 11 is 0. The molecular weight excluding hydrogens is 248 g/mol. The molecule has 0 saturated carbocycles. The number of rotatable bonds is 6. The number of ether oxygens (including phenoxy) is 1. The minimum atomic E-state index is -3.62. The van der Waals surface area contributed by atoms with E-state index in [-0.39, 0.29) is 23.6 Å². The molecule has 17 heavy (non-hydrogen) atoms. The summed E-state index contributed by atoms with van der Waals surface area (Å²) in [5.41, 5.74) is 0. The lowest BCUT2D eigenvalue weighted by molar-refractivity contribution is 0.0656. The molecule has 0 unspecified atom stereocenters. The third kappa shape index (κ3) is 3.86. The number of carboxylic acid groups (broad SMARTS) is 1. The van der Waals surface area contributed by atoms with Crippen molar-refractivity contribution in [3.8, 4) is 0 Å². The molecule has 0 fully saturated rings.